The van der Waals surface area contributed by atoms with Crippen molar-refractivity contribution in [1.29, 1.82) is 0 Å². The lowest BCUT2D eigenvalue weighted by molar-refractivity contribution is -0.133. The van der Waals surface area contributed by atoms with E-state index in [1.165, 1.54) is 4.90 Å². The molecule has 2 aliphatic rings. The molecular formula is C18H20N2O3. The molecule has 0 aromatic heterocycles. The Morgan fingerprint density at radius 2 is 2.00 bits per heavy atom. The molecule has 1 unspecified atom stereocenters. The molecule has 120 valence electrons. The molecule has 0 bridgehead atoms. The van der Waals surface area contributed by atoms with Gasteiger partial charge in [-0.15, -0.1) is 6.58 Å². The van der Waals surface area contributed by atoms with Gasteiger partial charge < -0.3 is 9.64 Å². The number of ether oxygens (including phenoxy) is 1. The summed E-state index contributed by atoms with van der Waals surface area (Å²) in [6.45, 7) is 4.50. The molecule has 5 nitrogen and oxygen atoms in total. The molecule has 0 saturated carbocycles. The summed E-state index contributed by atoms with van der Waals surface area (Å²) in [4.78, 5) is 28.7. The van der Waals surface area contributed by atoms with Gasteiger partial charge in [0.25, 0.3) is 5.91 Å². The predicted molar refractivity (Wildman–Crippen MR) is 86.9 cm³/mol. The Balaban J connectivity index is 1.87. The molecule has 1 saturated heterocycles. The van der Waals surface area contributed by atoms with Crippen molar-refractivity contribution < 1.29 is 14.3 Å². The number of hydrogen-bond acceptors (Lipinski definition) is 3. The Labute approximate surface area is 135 Å². The van der Waals surface area contributed by atoms with Crippen LogP contribution in [0.15, 0.2) is 49.1 Å². The molecular weight excluding hydrogens is 292 g/mol. The summed E-state index contributed by atoms with van der Waals surface area (Å²) in [6.07, 6.45) is 6.64. The van der Waals surface area contributed by atoms with Crippen molar-refractivity contribution in [2.45, 2.75) is 24.9 Å². The van der Waals surface area contributed by atoms with Gasteiger partial charge in [0.2, 0.25) is 0 Å². The van der Waals surface area contributed by atoms with Gasteiger partial charge in [-0.3, -0.25) is 9.69 Å². The lowest BCUT2D eigenvalue weighted by atomic mass is 9.87. The molecule has 2 heterocycles. The maximum Gasteiger partial charge on any atom is 0.328 e. The third-order valence-electron chi connectivity index (χ3n) is 4.51. The maximum atomic E-state index is 12.9. The molecule has 0 aliphatic carbocycles. The molecule has 0 radical (unpaired) electrons. The topological polar surface area (TPSA) is 49.9 Å². The monoisotopic (exact) mass is 312 g/mol. The Morgan fingerprint density at radius 3 is 2.65 bits per heavy atom. The second kappa shape index (κ2) is 5.91. The van der Waals surface area contributed by atoms with Gasteiger partial charge in [-0.05, 0) is 30.5 Å². The highest BCUT2D eigenvalue weighted by Gasteiger charge is 2.56. The smallest absolute Gasteiger partial charge is 0.328 e. The number of benzene rings is 1. The molecule has 0 N–H and O–H groups in total. The third kappa shape index (κ3) is 2.42. The summed E-state index contributed by atoms with van der Waals surface area (Å²) < 4.78 is 5.13. The minimum absolute atomic E-state index is 0.137. The molecule has 3 amide bonds. The van der Waals surface area contributed by atoms with Crippen LogP contribution in [0.5, 0.6) is 5.75 Å². The van der Waals surface area contributed by atoms with Crippen molar-refractivity contribution >= 4 is 11.9 Å². The van der Waals surface area contributed by atoms with Crippen LogP contribution >= 0.6 is 0 Å². The van der Waals surface area contributed by atoms with Crippen LogP contribution in [0.25, 0.3) is 0 Å². The molecule has 5 heteroatoms. The van der Waals surface area contributed by atoms with E-state index in [-0.39, 0.29) is 18.5 Å². The molecule has 1 aromatic carbocycles. The number of hydrogen-bond donors (Lipinski definition) is 0. The van der Waals surface area contributed by atoms with Crippen molar-refractivity contribution in [2.24, 2.45) is 0 Å². The number of carbonyl (C=O) groups is 2. The summed E-state index contributed by atoms with van der Waals surface area (Å²) in [7, 11) is 1.60. The molecule has 23 heavy (non-hydrogen) atoms. The van der Waals surface area contributed by atoms with Crippen LogP contribution in [0.4, 0.5) is 4.79 Å². The molecule has 3 rings (SSSR count). The largest absolute Gasteiger partial charge is 0.497 e. The number of fused-ring (bicyclic) bond motifs is 1. The number of methoxy groups -OCH3 is 1. The van der Waals surface area contributed by atoms with Crippen molar-refractivity contribution in [1.82, 2.24) is 9.80 Å². The first-order valence-corrected chi connectivity index (χ1v) is 7.65. The average molecular weight is 312 g/mol. The zero-order chi connectivity index (χ0) is 16.4. The fourth-order valence-corrected chi connectivity index (χ4v) is 3.26. The molecule has 2 aliphatic heterocycles. The van der Waals surface area contributed by atoms with Crippen molar-refractivity contribution in [2.75, 3.05) is 13.7 Å². The second-order valence-corrected chi connectivity index (χ2v) is 5.83. The lowest BCUT2D eigenvalue weighted by Crippen LogP contribution is -2.50. The van der Waals surface area contributed by atoms with E-state index in [9.17, 15) is 9.59 Å². The van der Waals surface area contributed by atoms with Crippen LogP contribution < -0.4 is 4.74 Å². The number of urea groups is 1. The van der Waals surface area contributed by atoms with Gasteiger partial charge in [-0.2, -0.15) is 0 Å². The fourth-order valence-electron chi connectivity index (χ4n) is 3.26. The first-order valence-electron chi connectivity index (χ1n) is 7.65. The van der Waals surface area contributed by atoms with Crippen LogP contribution in [-0.4, -0.2) is 40.9 Å². The third-order valence-corrected chi connectivity index (χ3v) is 4.51. The number of nitrogens with zero attached hydrogens (tertiary/aromatic N) is 2. The molecule has 1 atom stereocenters. The highest BCUT2D eigenvalue weighted by atomic mass is 16.5. The van der Waals surface area contributed by atoms with Crippen molar-refractivity contribution in [3.8, 4) is 5.75 Å². The van der Waals surface area contributed by atoms with E-state index in [0.29, 0.717) is 19.4 Å². The van der Waals surface area contributed by atoms with Gasteiger partial charge in [-0.25, -0.2) is 4.79 Å². The van der Waals surface area contributed by atoms with Gasteiger partial charge in [0.05, 0.1) is 13.7 Å². The summed E-state index contributed by atoms with van der Waals surface area (Å²) in [5.41, 5.74) is 0.106. The molecule has 1 fully saturated rings. The summed E-state index contributed by atoms with van der Waals surface area (Å²) in [6, 6.07) is 7.17. The van der Waals surface area contributed by atoms with E-state index in [2.05, 4.69) is 6.58 Å². The Bertz CT molecular complexity index is 665. The standard InChI is InChI=1S/C18H20N2O3/c1-3-10-18-11-4-5-12-20(18)17(22)19(16(18)21)13-14-6-8-15(23-2)9-7-14/h3-9H,1,10-13H2,2H3. The van der Waals surface area contributed by atoms with Crippen LogP contribution in [0.1, 0.15) is 18.4 Å². The van der Waals surface area contributed by atoms with Crippen molar-refractivity contribution in [3.63, 3.8) is 0 Å². The van der Waals surface area contributed by atoms with Crippen molar-refractivity contribution in [3.05, 3.63) is 54.6 Å². The second-order valence-electron chi connectivity index (χ2n) is 5.83. The minimum atomic E-state index is -0.792. The Morgan fingerprint density at radius 1 is 1.26 bits per heavy atom. The minimum Gasteiger partial charge on any atom is -0.497 e. The van der Waals surface area contributed by atoms with Crippen LogP contribution in [0.3, 0.4) is 0 Å². The number of rotatable bonds is 5. The Hall–Kier alpha value is -2.56. The van der Waals surface area contributed by atoms with Crippen LogP contribution in [0.2, 0.25) is 0 Å². The van der Waals surface area contributed by atoms with Gasteiger partial charge in [0, 0.05) is 6.54 Å². The van der Waals surface area contributed by atoms with E-state index in [0.717, 1.165) is 11.3 Å². The zero-order valence-electron chi connectivity index (χ0n) is 13.2. The highest BCUT2D eigenvalue weighted by molar-refractivity contribution is 6.07. The maximum absolute atomic E-state index is 12.9. The van der Waals surface area contributed by atoms with E-state index in [4.69, 9.17) is 4.74 Å². The average Bonchev–Trinajstić information content (AvgIpc) is 2.78. The number of amides is 3. The summed E-state index contributed by atoms with van der Waals surface area (Å²) in [5, 5.41) is 0. The predicted octanol–water partition coefficient (Wildman–Crippen LogP) is 2.73. The van der Waals surface area contributed by atoms with E-state index >= 15 is 0 Å². The van der Waals surface area contributed by atoms with E-state index in [1.807, 2.05) is 36.4 Å². The summed E-state index contributed by atoms with van der Waals surface area (Å²) >= 11 is 0. The highest BCUT2D eigenvalue weighted by Crippen LogP contribution is 2.37. The Kier molecular flexibility index (Phi) is 3.94. The number of imide groups is 1. The first-order chi connectivity index (χ1) is 11.1. The number of carbonyl (C=O) groups excluding carboxylic acids is 2. The quantitative estimate of drug-likeness (QED) is 0.620. The first kappa shape index (κ1) is 15.3. The normalized spacial score (nSPS) is 23.2. The van der Waals surface area contributed by atoms with E-state index < -0.39 is 5.54 Å². The fraction of sp³-hybridized carbons (Fsp3) is 0.333. The van der Waals surface area contributed by atoms with Gasteiger partial charge in [0.15, 0.2) is 0 Å². The van der Waals surface area contributed by atoms with Gasteiger partial charge >= 0.3 is 6.03 Å². The zero-order valence-corrected chi connectivity index (χ0v) is 13.2. The van der Waals surface area contributed by atoms with Gasteiger partial charge in [0.1, 0.15) is 11.3 Å². The van der Waals surface area contributed by atoms with E-state index in [1.54, 1.807) is 18.1 Å². The summed E-state index contributed by atoms with van der Waals surface area (Å²) in [5.74, 6) is 0.611. The van der Waals surface area contributed by atoms with Crippen LogP contribution in [-0.2, 0) is 11.3 Å². The molecule has 1 aromatic rings. The lowest BCUT2D eigenvalue weighted by Gasteiger charge is -2.35. The van der Waals surface area contributed by atoms with Crippen LogP contribution in [0, 0.1) is 0 Å². The SMILES string of the molecule is C=CCC12CC=CCN1C(=O)N(Cc1ccc(OC)cc1)C2=O. The van der Waals surface area contributed by atoms with Gasteiger partial charge in [-0.1, -0.05) is 30.4 Å². The molecule has 0 spiro atoms.